The monoisotopic (exact) mass is 154 g/mol. The van der Waals surface area contributed by atoms with Crippen LogP contribution in [-0.2, 0) is 4.74 Å². The molecule has 0 aromatic heterocycles. The van der Waals surface area contributed by atoms with Gasteiger partial charge in [0, 0.05) is 12.2 Å². The van der Waals surface area contributed by atoms with E-state index in [1.54, 1.807) is 6.26 Å². The van der Waals surface area contributed by atoms with Gasteiger partial charge in [-0.25, -0.2) is 0 Å². The third kappa shape index (κ3) is 1.48. The first-order chi connectivity index (χ1) is 5.47. The molecule has 3 nitrogen and oxygen atoms in total. The lowest BCUT2D eigenvalue weighted by Crippen LogP contribution is -2.43. The Kier molecular flexibility index (Phi) is 1.99. The molecule has 0 aromatic rings. The summed E-state index contributed by atoms with van der Waals surface area (Å²) in [5.74, 6) is 0. The van der Waals surface area contributed by atoms with Crippen molar-refractivity contribution in [3.63, 3.8) is 0 Å². The molecule has 1 unspecified atom stereocenters. The Labute approximate surface area is 66.8 Å². The van der Waals surface area contributed by atoms with Crippen LogP contribution in [0.5, 0.6) is 0 Å². The number of rotatable bonds is 1. The van der Waals surface area contributed by atoms with Crippen LogP contribution < -0.4 is 10.6 Å². The fraction of sp³-hybridized carbons (Fsp3) is 0.750. The molecule has 2 aliphatic rings. The molecule has 2 N–H and O–H groups in total. The zero-order chi connectivity index (χ0) is 7.52. The van der Waals surface area contributed by atoms with Crippen molar-refractivity contribution in [3.05, 3.63) is 12.5 Å². The van der Waals surface area contributed by atoms with Gasteiger partial charge in [0.15, 0.2) is 0 Å². The second-order valence-electron chi connectivity index (χ2n) is 3.09. The molecule has 2 aliphatic heterocycles. The van der Waals surface area contributed by atoms with Crippen LogP contribution in [0.2, 0.25) is 0 Å². The molecule has 3 heteroatoms. The molecular formula is C8H14N2O. The minimum atomic E-state index is 0.336. The molecular weight excluding hydrogens is 140 g/mol. The molecule has 0 amide bonds. The van der Waals surface area contributed by atoms with Gasteiger partial charge < -0.3 is 15.4 Å². The van der Waals surface area contributed by atoms with Gasteiger partial charge in [-0.3, -0.25) is 0 Å². The predicted octanol–water partition coefficient (Wildman–Crippen LogP) is 0.198. The topological polar surface area (TPSA) is 33.3 Å². The van der Waals surface area contributed by atoms with Gasteiger partial charge in [-0.1, -0.05) is 0 Å². The minimum absolute atomic E-state index is 0.336. The summed E-state index contributed by atoms with van der Waals surface area (Å²) < 4.78 is 5.46. The number of ether oxygens (including phenoxy) is 1. The van der Waals surface area contributed by atoms with Crippen LogP contribution >= 0.6 is 0 Å². The van der Waals surface area contributed by atoms with Gasteiger partial charge in [0.25, 0.3) is 0 Å². The summed E-state index contributed by atoms with van der Waals surface area (Å²) in [6.45, 7) is 2.09. The van der Waals surface area contributed by atoms with E-state index in [1.807, 2.05) is 6.20 Å². The van der Waals surface area contributed by atoms with Crippen molar-refractivity contribution >= 4 is 0 Å². The Morgan fingerprint density at radius 3 is 3.09 bits per heavy atom. The minimum Gasteiger partial charge on any atom is -0.493 e. The van der Waals surface area contributed by atoms with Crippen LogP contribution in [0.3, 0.4) is 0 Å². The van der Waals surface area contributed by atoms with E-state index in [2.05, 4.69) is 10.6 Å². The Balaban J connectivity index is 1.88. The lowest BCUT2D eigenvalue weighted by molar-refractivity contribution is 0.100. The van der Waals surface area contributed by atoms with Crippen molar-refractivity contribution in [1.29, 1.82) is 0 Å². The van der Waals surface area contributed by atoms with Gasteiger partial charge in [-0.15, -0.1) is 0 Å². The van der Waals surface area contributed by atoms with E-state index in [1.165, 1.54) is 12.8 Å². The van der Waals surface area contributed by atoms with Gasteiger partial charge in [0.1, 0.15) is 6.10 Å². The molecule has 0 saturated carbocycles. The van der Waals surface area contributed by atoms with Crippen LogP contribution in [-0.4, -0.2) is 25.2 Å². The molecule has 0 aliphatic carbocycles. The van der Waals surface area contributed by atoms with E-state index in [0.717, 1.165) is 13.1 Å². The third-order valence-corrected chi connectivity index (χ3v) is 2.31. The van der Waals surface area contributed by atoms with Crippen LogP contribution in [0, 0.1) is 0 Å². The average Bonchev–Trinajstić information content (AvgIpc) is 2.58. The summed E-state index contributed by atoms with van der Waals surface area (Å²) in [5, 5.41) is 6.59. The third-order valence-electron chi connectivity index (χ3n) is 2.31. The maximum absolute atomic E-state index is 5.46. The van der Waals surface area contributed by atoms with E-state index in [4.69, 9.17) is 4.74 Å². The van der Waals surface area contributed by atoms with E-state index in [-0.39, 0.29) is 0 Å². The van der Waals surface area contributed by atoms with Gasteiger partial charge >= 0.3 is 0 Å². The first-order valence-corrected chi connectivity index (χ1v) is 4.24. The quantitative estimate of drug-likeness (QED) is 0.566. The highest BCUT2D eigenvalue weighted by molar-refractivity contribution is 4.90. The fourth-order valence-electron chi connectivity index (χ4n) is 1.69. The Bertz CT molecular complexity index is 152. The Hall–Kier alpha value is -0.700. The van der Waals surface area contributed by atoms with Gasteiger partial charge in [0.05, 0.1) is 12.8 Å². The largest absolute Gasteiger partial charge is 0.493 e. The molecule has 0 bridgehead atoms. The number of hydrogen-bond donors (Lipinski definition) is 2. The zero-order valence-corrected chi connectivity index (χ0v) is 6.55. The summed E-state index contributed by atoms with van der Waals surface area (Å²) in [6, 6.07) is 0.562. The normalized spacial score (nSPS) is 36.4. The predicted molar refractivity (Wildman–Crippen MR) is 43.0 cm³/mol. The zero-order valence-electron chi connectivity index (χ0n) is 6.55. The van der Waals surface area contributed by atoms with Crippen LogP contribution in [0.25, 0.3) is 0 Å². The summed E-state index contributed by atoms with van der Waals surface area (Å²) in [5.41, 5.74) is 0. The molecule has 2 atom stereocenters. The van der Waals surface area contributed by atoms with E-state index in [9.17, 15) is 0 Å². The maximum atomic E-state index is 5.46. The van der Waals surface area contributed by atoms with Crippen molar-refractivity contribution < 1.29 is 4.74 Å². The summed E-state index contributed by atoms with van der Waals surface area (Å²) in [7, 11) is 0. The highest BCUT2D eigenvalue weighted by atomic mass is 16.5. The van der Waals surface area contributed by atoms with Crippen molar-refractivity contribution in [3.8, 4) is 0 Å². The van der Waals surface area contributed by atoms with E-state index < -0.39 is 0 Å². The average molecular weight is 154 g/mol. The SMILES string of the molecule is C1=COC([C@@H]2CCCN2)CN1. The lowest BCUT2D eigenvalue weighted by Gasteiger charge is -2.25. The first kappa shape index (κ1) is 6.98. The molecule has 0 radical (unpaired) electrons. The number of nitrogens with one attached hydrogen (secondary N) is 2. The molecule has 1 fully saturated rings. The second-order valence-corrected chi connectivity index (χ2v) is 3.09. The van der Waals surface area contributed by atoms with Gasteiger partial charge in [-0.2, -0.15) is 0 Å². The Morgan fingerprint density at radius 2 is 2.45 bits per heavy atom. The highest BCUT2D eigenvalue weighted by Gasteiger charge is 2.25. The molecule has 2 rings (SSSR count). The lowest BCUT2D eigenvalue weighted by atomic mass is 10.1. The maximum Gasteiger partial charge on any atom is 0.130 e. The van der Waals surface area contributed by atoms with Crippen molar-refractivity contribution in [1.82, 2.24) is 10.6 Å². The fourth-order valence-corrected chi connectivity index (χ4v) is 1.69. The first-order valence-electron chi connectivity index (χ1n) is 4.24. The molecule has 0 spiro atoms. The van der Waals surface area contributed by atoms with Crippen LogP contribution in [0.15, 0.2) is 12.5 Å². The Morgan fingerprint density at radius 1 is 1.45 bits per heavy atom. The van der Waals surface area contributed by atoms with Gasteiger partial charge in [-0.05, 0) is 19.4 Å². The summed E-state index contributed by atoms with van der Waals surface area (Å²) >= 11 is 0. The van der Waals surface area contributed by atoms with Crippen molar-refractivity contribution in [2.24, 2.45) is 0 Å². The van der Waals surface area contributed by atoms with Crippen LogP contribution in [0.4, 0.5) is 0 Å². The van der Waals surface area contributed by atoms with Crippen molar-refractivity contribution in [2.75, 3.05) is 13.1 Å². The van der Waals surface area contributed by atoms with E-state index >= 15 is 0 Å². The summed E-state index contributed by atoms with van der Waals surface area (Å²) in [4.78, 5) is 0. The molecule has 2 heterocycles. The van der Waals surface area contributed by atoms with Crippen LogP contribution in [0.1, 0.15) is 12.8 Å². The molecule has 11 heavy (non-hydrogen) atoms. The standard InChI is InChI=1S/C8H14N2O/c1-2-7(10-3-1)8-6-9-4-5-11-8/h4-5,7-10H,1-3,6H2/t7-,8?/m0/s1. The van der Waals surface area contributed by atoms with Gasteiger partial charge in [0.2, 0.25) is 0 Å². The van der Waals surface area contributed by atoms with Crippen molar-refractivity contribution in [2.45, 2.75) is 25.0 Å². The molecule has 1 saturated heterocycles. The molecule has 0 aromatic carbocycles. The summed E-state index contributed by atoms with van der Waals surface area (Å²) in [6.07, 6.45) is 6.47. The smallest absolute Gasteiger partial charge is 0.130 e. The van der Waals surface area contributed by atoms with E-state index in [0.29, 0.717) is 12.1 Å². The molecule has 62 valence electrons. The highest BCUT2D eigenvalue weighted by Crippen LogP contribution is 2.13. The second kappa shape index (κ2) is 3.13. The number of hydrogen-bond acceptors (Lipinski definition) is 3.